The number of aliphatic hydroxyl groups is 1. The largest absolute Gasteiger partial charge is 0.497 e. The maximum atomic E-state index is 11.9. The van der Waals surface area contributed by atoms with E-state index in [0.29, 0.717) is 6.42 Å². The molecule has 20 heavy (non-hydrogen) atoms. The van der Waals surface area contributed by atoms with Gasteiger partial charge in [-0.2, -0.15) is 0 Å². The van der Waals surface area contributed by atoms with E-state index in [2.05, 4.69) is 6.07 Å². The molecular formula is C16H22O4. The molecule has 0 spiro atoms. The lowest BCUT2D eigenvalue weighted by Gasteiger charge is -2.34. The van der Waals surface area contributed by atoms with Crippen LogP contribution in [0.1, 0.15) is 31.4 Å². The molecule has 4 heteroatoms. The molecule has 2 rings (SSSR count). The zero-order valence-corrected chi connectivity index (χ0v) is 12.3. The highest BCUT2D eigenvalue weighted by Crippen LogP contribution is 2.34. The van der Waals surface area contributed by atoms with E-state index >= 15 is 0 Å². The quantitative estimate of drug-likeness (QED) is 0.857. The maximum absolute atomic E-state index is 11.9. The first kappa shape index (κ1) is 14.9. The van der Waals surface area contributed by atoms with Crippen LogP contribution in [-0.4, -0.2) is 30.4 Å². The second-order valence-electron chi connectivity index (χ2n) is 5.44. The number of fused-ring (bicyclic) bond motifs is 1. The standard InChI is InChI=1S/C16H22O4/c1-4-20-15(17)16(2,18)13-7-5-11-6-8-14(19-3)10-12(11)9-13/h6,8,10,13,18H,4-5,7,9H2,1-3H3. The Hall–Kier alpha value is -1.55. The fraction of sp³-hybridized carbons (Fsp3) is 0.562. The third kappa shape index (κ3) is 2.80. The van der Waals surface area contributed by atoms with Crippen LogP contribution in [0, 0.1) is 5.92 Å². The molecule has 1 aromatic rings. The van der Waals surface area contributed by atoms with Crippen LogP contribution in [0.2, 0.25) is 0 Å². The lowest BCUT2D eigenvalue weighted by Crippen LogP contribution is -2.46. The number of carbonyl (C=O) groups excluding carboxylic acids is 1. The molecule has 0 amide bonds. The van der Waals surface area contributed by atoms with E-state index in [1.807, 2.05) is 12.1 Å². The minimum absolute atomic E-state index is 0.124. The van der Waals surface area contributed by atoms with Gasteiger partial charge in [0.25, 0.3) is 0 Å². The van der Waals surface area contributed by atoms with Crippen molar-refractivity contribution < 1.29 is 19.4 Å². The first-order chi connectivity index (χ1) is 9.48. The maximum Gasteiger partial charge on any atom is 0.338 e. The predicted octanol–water partition coefficient (Wildman–Crippen LogP) is 2.11. The highest BCUT2D eigenvalue weighted by molar-refractivity contribution is 5.79. The Labute approximate surface area is 119 Å². The van der Waals surface area contributed by atoms with Gasteiger partial charge in [0.15, 0.2) is 5.60 Å². The Morgan fingerprint density at radius 2 is 2.20 bits per heavy atom. The van der Waals surface area contributed by atoms with Gasteiger partial charge in [-0.05, 0) is 56.4 Å². The fourth-order valence-electron chi connectivity index (χ4n) is 2.78. The topological polar surface area (TPSA) is 55.8 Å². The monoisotopic (exact) mass is 278 g/mol. The van der Waals surface area contributed by atoms with Gasteiger partial charge in [0.05, 0.1) is 13.7 Å². The molecule has 2 atom stereocenters. The molecule has 4 nitrogen and oxygen atoms in total. The Balaban J connectivity index is 2.19. The second kappa shape index (κ2) is 5.83. The molecular weight excluding hydrogens is 256 g/mol. The van der Waals surface area contributed by atoms with Crippen molar-refractivity contribution in [1.29, 1.82) is 0 Å². The molecule has 1 aliphatic carbocycles. The van der Waals surface area contributed by atoms with Gasteiger partial charge in [-0.15, -0.1) is 0 Å². The zero-order valence-electron chi connectivity index (χ0n) is 12.3. The number of methoxy groups -OCH3 is 1. The zero-order chi connectivity index (χ0) is 14.8. The summed E-state index contributed by atoms with van der Waals surface area (Å²) >= 11 is 0. The summed E-state index contributed by atoms with van der Waals surface area (Å²) in [6.45, 7) is 3.59. The lowest BCUT2D eigenvalue weighted by atomic mass is 9.75. The predicted molar refractivity (Wildman–Crippen MR) is 75.8 cm³/mol. The van der Waals surface area contributed by atoms with Crippen molar-refractivity contribution in [2.45, 2.75) is 38.7 Å². The summed E-state index contributed by atoms with van der Waals surface area (Å²) in [6.07, 6.45) is 2.31. The van der Waals surface area contributed by atoms with Crippen LogP contribution in [0.5, 0.6) is 5.75 Å². The molecule has 1 aliphatic rings. The number of benzene rings is 1. The molecule has 0 saturated carbocycles. The molecule has 0 aliphatic heterocycles. The summed E-state index contributed by atoms with van der Waals surface area (Å²) < 4.78 is 10.2. The molecule has 0 fully saturated rings. The lowest BCUT2D eigenvalue weighted by molar-refractivity contribution is -0.169. The van der Waals surface area contributed by atoms with Crippen molar-refractivity contribution in [1.82, 2.24) is 0 Å². The molecule has 0 heterocycles. The van der Waals surface area contributed by atoms with Gasteiger partial charge in [-0.1, -0.05) is 6.07 Å². The second-order valence-corrected chi connectivity index (χ2v) is 5.44. The van der Waals surface area contributed by atoms with Crippen molar-refractivity contribution in [3.05, 3.63) is 29.3 Å². The number of hydrogen-bond donors (Lipinski definition) is 1. The van der Waals surface area contributed by atoms with E-state index in [1.54, 1.807) is 21.0 Å². The number of esters is 1. The van der Waals surface area contributed by atoms with Crippen LogP contribution < -0.4 is 4.74 Å². The first-order valence-electron chi connectivity index (χ1n) is 7.04. The van der Waals surface area contributed by atoms with E-state index < -0.39 is 11.6 Å². The van der Waals surface area contributed by atoms with Crippen LogP contribution in [0.3, 0.4) is 0 Å². The van der Waals surface area contributed by atoms with Gasteiger partial charge in [-0.3, -0.25) is 0 Å². The SMILES string of the molecule is CCOC(=O)C(C)(O)C1CCc2ccc(OC)cc2C1. The Kier molecular flexibility index (Phi) is 4.33. The molecule has 0 saturated heterocycles. The molecule has 2 unspecified atom stereocenters. The van der Waals surface area contributed by atoms with Crippen LogP contribution in [-0.2, 0) is 22.4 Å². The average Bonchev–Trinajstić information content (AvgIpc) is 2.46. The summed E-state index contributed by atoms with van der Waals surface area (Å²) in [5.41, 5.74) is 0.975. The van der Waals surface area contributed by atoms with Crippen LogP contribution in [0.25, 0.3) is 0 Å². The van der Waals surface area contributed by atoms with Crippen molar-refractivity contribution >= 4 is 5.97 Å². The summed E-state index contributed by atoms with van der Waals surface area (Å²) in [6, 6.07) is 5.99. The molecule has 0 radical (unpaired) electrons. The van der Waals surface area contributed by atoms with E-state index in [4.69, 9.17) is 9.47 Å². The summed E-state index contributed by atoms with van der Waals surface area (Å²) in [4.78, 5) is 11.9. The number of rotatable bonds is 4. The average molecular weight is 278 g/mol. The highest BCUT2D eigenvalue weighted by Gasteiger charge is 2.42. The van der Waals surface area contributed by atoms with Gasteiger partial charge in [0, 0.05) is 5.92 Å². The number of carbonyl (C=O) groups is 1. The number of aryl methyl sites for hydroxylation is 1. The third-order valence-electron chi connectivity index (χ3n) is 4.13. The van der Waals surface area contributed by atoms with Gasteiger partial charge in [0.2, 0.25) is 0 Å². The Bertz CT molecular complexity index is 493. The minimum atomic E-state index is -1.43. The number of hydrogen-bond acceptors (Lipinski definition) is 4. The number of ether oxygens (including phenoxy) is 2. The fourth-order valence-corrected chi connectivity index (χ4v) is 2.78. The molecule has 110 valence electrons. The molecule has 0 bridgehead atoms. The van der Waals surface area contributed by atoms with Gasteiger partial charge >= 0.3 is 5.97 Å². The van der Waals surface area contributed by atoms with Gasteiger partial charge in [0.1, 0.15) is 5.75 Å². The summed E-state index contributed by atoms with van der Waals surface area (Å²) in [5, 5.41) is 10.5. The van der Waals surface area contributed by atoms with E-state index in [1.165, 1.54) is 5.56 Å². The van der Waals surface area contributed by atoms with Crippen LogP contribution in [0.15, 0.2) is 18.2 Å². The first-order valence-corrected chi connectivity index (χ1v) is 7.04. The normalized spacial score (nSPS) is 20.7. The van der Waals surface area contributed by atoms with E-state index in [0.717, 1.165) is 24.2 Å². The van der Waals surface area contributed by atoms with Crippen molar-refractivity contribution in [2.75, 3.05) is 13.7 Å². The van der Waals surface area contributed by atoms with Crippen LogP contribution in [0.4, 0.5) is 0 Å². The summed E-state index contributed by atoms with van der Waals surface area (Å²) in [7, 11) is 1.64. The molecule has 0 aromatic heterocycles. The van der Waals surface area contributed by atoms with Gasteiger partial charge in [-0.25, -0.2) is 4.79 Å². The van der Waals surface area contributed by atoms with Crippen molar-refractivity contribution in [3.63, 3.8) is 0 Å². The Morgan fingerprint density at radius 1 is 1.45 bits per heavy atom. The van der Waals surface area contributed by atoms with E-state index in [9.17, 15) is 9.90 Å². The molecule has 1 N–H and O–H groups in total. The van der Waals surface area contributed by atoms with Gasteiger partial charge < -0.3 is 14.6 Å². The smallest absolute Gasteiger partial charge is 0.338 e. The van der Waals surface area contributed by atoms with Crippen molar-refractivity contribution in [2.24, 2.45) is 5.92 Å². The Morgan fingerprint density at radius 3 is 2.85 bits per heavy atom. The van der Waals surface area contributed by atoms with Crippen LogP contribution >= 0.6 is 0 Å². The highest BCUT2D eigenvalue weighted by atomic mass is 16.5. The summed E-state index contributed by atoms with van der Waals surface area (Å²) in [5.74, 6) is 0.151. The third-order valence-corrected chi connectivity index (χ3v) is 4.13. The van der Waals surface area contributed by atoms with Crippen molar-refractivity contribution in [3.8, 4) is 5.75 Å². The minimum Gasteiger partial charge on any atom is -0.497 e. The van der Waals surface area contributed by atoms with E-state index in [-0.39, 0.29) is 12.5 Å². The molecule has 1 aromatic carbocycles.